The fraction of sp³-hybridized carbons (Fsp3) is 0.550. The fourth-order valence-electron chi connectivity index (χ4n) is 2.11. The van der Waals surface area contributed by atoms with Crippen molar-refractivity contribution in [1.82, 2.24) is 0 Å². The second kappa shape index (κ2) is 12.0. The van der Waals surface area contributed by atoms with Crippen LogP contribution in [0, 0.1) is 12.3 Å². The molecule has 0 radical (unpaired) electrons. The van der Waals surface area contributed by atoms with E-state index in [0.29, 0.717) is 18.8 Å². The summed E-state index contributed by atoms with van der Waals surface area (Å²) >= 11 is 0. The minimum Gasteiger partial charge on any atom is -0.465 e. The average molecular weight is 395 g/mol. The predicted octanol–water partition coefficient (Wildman–Crippen LogP) is 0.428. The third-order valence-electron chi connectivity index (χ3n) is 4.04. The molecule has 0 aromatic heterocycles. The molecule has 1 atom stereocenters. The topological polar surface area (TPSA) is 122 Å². The van der Waals surface area contributed by atoms with E-state index in [9.17, 15) is 14.7 Å². The number of amidine groups is 1. The van der Waals surface area contributed by atoms with Crippen molar-refractivity contribution in [3.05, 3.63) is 35.4 Å². The summed E-state index contributed by atoms with van der Waals surface area (Å²) in [6.07, 6.45) is 0.513. The van der Waals surface area contributed by atoms with Gasteiger partial charge in [0.2, 0.25) is 5.84 Å². The SMILES string of the molecule is CC(N)=[NH+]CCCCOC(=O)C(C)(CO)COC(=O)OCc1ccc(C)cc1. The maximum Gasteiger partial charge on any atom is 0.508 e. The number of hydrogen-bond acceptors (Lipinski definition) is 6. The van der Waals surface area contributed by atoms with E-state index in [-0.39, 0.29) is 19.8 Å². The predicted molar refractivity (Wildman–Crippen MR) is 103 cm³/mol. The lowest BCUT2D eigenvalue weighted by Crippen LogP contribution is -2.74. The van der Waals surface area contributed by atoms with E-state index in [2.05, 4.69) is 4.99 Å². The van der Waals surface area contributed by atoms with Gasteiger partial charge < -0.3 is 19.3 Å². The largest absolute Gasteiger partial charge is 0.508 e. The zero-order valence-corrected chi connectivity index (χ0v) is 16.8. The molecule has 1 aromatic carbocycles. The molecule has 8 nitrogen and oxygen atoms in total. The van der Waals surface area contributed by atoms with Gasteiger partial charge >= 0.3 is 12.1 Å². The zero-order valence-electron chi connectivity index (χ0n) is 16.8. The first-order valence-corrected chi connectivity index (χ1v) is 9.23. The Morgan fingerprint density at radius 2 is 1.82 bits per heavy atom. The molecule has 156 valence electrons. The minimum atomic E-state index is -1.34. The Labute approximate surface area is 165 Å². The fourth-order valence-corrected chi connectivity index (χ4v) is 2.11. The summed E-state index contributed by atoms with van der Waals surface area (Å²) in [5.41, 5.74) is 6.07. The Kier molecular flexibility index (Phi) is 10.0. The van der Waals surface area contributed by atoms with Gasteiger partial charge in [0.15, 0.2) is 0 Å². The normalized spacial score (nSPS) is 13.5. The van der Waals surface area contributed by atoms with Gasteiger partial charge in [-0.15, -0.1) is 0 Å². The summed E-state index contributed by atoms with van der Waals surface area (Å²) in [5, 5.41) is 9.54. The number of rotatable bonds is 11. The summed E-state index contributed by atoms with van der Waals surface area (Å²) in [4.78, 5) is 26.9. The maximum absolute atomic E-state index is 12.2. The Hall–Kier alpha value is -2.61. The van der Waals surface area contributed by atoms with Gasteiger partial charge in [-0.05, 0) is 32.3 Å². The van der Waals surface area contributed by atoms with Crippen LogP contribution in [-0.2, 0) is 25.6 Å². The molecule has 8 heteroatoms. The quantitative estimate of drug-likeness (QED) is 0.215. The molecule has 0 saturated carbocycles. The van der Waals surface area contributed by atoms with Crippen molar-refractivity contribution in [2.24, 2.45) is 11.1 Å². The molecule has 0 heterocycles. The van der Waals surface area contributed by atoms with Gasteiger partial charge in [-0.1, -0.05) is 29.8 Å². The van der Waals surface area contributed by atoms with E-state index in [1.54, 1.807) is 6.92 Å². The number of unbranched alkanes of at least 4 members (excludes halogenated alkanes) is 1. The van der Waals surface area contributed by atoms with Crippen molar-refractivity contribution in [1.29, 1.82) is 0 Å². The van der Waals surface area contributed by atoms with E-state index < -0.39 is 24.1 Å². The molecule has 0 spiro atoms. The van der Waals surface area contributed by atoms with Gasteiger partial charge in [-0.3, -0.25) is 15.5 Å². The van der Waals surface area contributed by atoms with Crippen molar-refractivity contribution in [3.8, 4) is 0 Å². The van der Waals surface area contributed by atoms with E-state index >= 15 is 0 Å². The first-order chi connectivity index (χ1) is 13.3. The van der Waals surface area contributed by atoms with Crippen molar-refractivity contribution in [2.75, 3.05) is 26.4 Å². The number of esters is 1. The summed E-state index contributed by atoms with van der Waals surface area (Å²) in [5.74, 6) is 0.00660. The number of aliphatic hydroxyl groups is 1. The van der Waals surface area contributed by atoms with E-state index in [1.807, 2.05) is 31.2 Å². The Morgan fingerprint density at radius 3 is 2.43 bits per heavy atom. The van der Waals surface area contributed by atoms with Gasteiger partial charge in [0.1, 0.15) is 18.6 Å². The molecular formula is C20H31N2O6+. The molecule has 0 aliphatic rings. The van der Waals surface area contributed by atoms with E-state index in [1.165, 1.54) is 6.92 Å². The second-order valence-electron chi connectivity index (χ2n) is 6.98. The molecule has 0 amide bonds. The van der Waals surface area contributed by atoms with Crippen molar-refractivity contribution >= 4 is 18.0 Å². The molecule has 0 aliphatic carbocycles. The lowest BCUT2D eigenvalue weighted by atomic mass is 9.93. The molecule has 1 aromatic rings. The Morgan fingerprint density at radius 1 is 1.14 bits per heavy atom. The van der Waals surface area contributed by atoms with E-state index in [4.69, 9.17) is 19.9 Å². The molecule has 4 N–H and O–H groups in total. The molecule has 0 fully saturated rings. The van der Waals surface area contributed by atoms with Gasteiger partial charge in [-0.25, -0.2) is 4.79 Å². The van der Waals surface area contributed by atoms with Crippen LogP contribution in [0.5, 0.6) is 0 Å². The van der Waals surface area contributed by atoms with Gasteiger partial charge in [-0.2, -0.15) is 0 Å². The van der Waals surface area contributed by atoms with Crippen molar-refractivity contribution < 1.29 is 33.9 Å². The van der Waals surface area contributed by atoms with Gasteiger partial charge in [0.05, 0.1) is 19.8 Å². The van der Waals surface area contributed by atoms with Crippen LogP contribution in [0.15, 0.2) is 24.3 Å². The lowest BCUT2D eigenvalue weighted by molar-refractivity contribution is -0.459. The molecule has 0 saturated heterocycles. The lowest BCUT2D eigenvalue weighted by Gasteiger charge is -2.24. The van der Waals surface area contributed by atoms with Crippen molar-refractivity contribution in [3.63, 3.8) is 0 Å². The number of nitrogens with two attached hydrogens (primary N) is 1. The van der Waals surface area contributed by atoms with Gasteiger partial charge in [0, 0.05) is 6.92 Å². The highest BCUT2D eigenvalue weighted by Gasteiger charge is 2.36. The number of benzene rings is 1. The number of ether oxygens (including phenoxy) is 3. The highest BCUT2D eigenvalue weighted by molar-refractivity contribution is 5.77. The number of aliphatic hydroxyl groups excluding tert-OH is 1. The highest BCUT2D eigenvalue weighted by atomic mass is 16.7. The van der Waals surface area contributed by atoms with Crippen molar-refractivity contribution in [2.45, 2.75) is 40.2 Å². The smallest absolute Gasteiger partial charge is 0.465 e. The molecule has 1 unspecified atom stereocenters. The average Bonchev–Trinajstić information content (AvgIpc) is 2.67. The third kappa shape index (κ3) is 8.85. The van der Waals surface area contributed by atoms with E-state index in [0.717, 1.165) is 17.5 Å². The molecule has 1 rings (SSSR count). The summed E-state index contributed by atoms with van der Waals surface area (Å²) < 4.78 is 15.2. The zero-order chi connectivity index (χ0) is 21.0. The number of nitrogens with one attached hydrogen (secondary N) is 1. The van der Waals surface area contributed by atoms with Crippen LogP contribution in [0.3, 0.4) is 0 Å². The summed E-state index contributed by atoms with van der Waals surface area (Å²) in [6.45, 7) is 5.30. The number of aryl methyl sites for hydroxylation is 1. The molecular weight excluding hydrogens is 364 g/mol. The molecule has 28 heavy (non-hydrogen) atoms. The first-order valence-electron chi connectivity index (χ1n) is 9.23. The standard InChI is InChI=1S/C20H30N2O6/c1-15-6-8-17(9-7-15)12-27-19(25)28-14-20(3,13-23)18(24)26-11-5-4-10-22-16(2)21/h6-9,23H,4-5,10-14H2,1-3H3,(H2,21,22)/p+1. The van der Waals surface area contributed by atoms with Crippen LogP contribution < -0.4 is 10.7 Å². The molecule has 0 bridgehead atoms. The number of carbonyl (C=O) groups is 2. The first kappa shape index (κ1) is 23.4. The Bertz CT molecular complexity index is 655. The van der Waals surface area contributed by atoms with Crippen LogP contribution in [0.4, 0.5) is 4.79 Å². The van der Waals surface area contributed by atoms with Crippen LogP contribution in [0.2, 0.25) is 0 Å². The van der Waals surface area contributed by atoms with Crippen LogP contribution in [-0.4, -0.2) is 49.4 Å². The second-order valence-corrected chi connectivity index (χ2v) is 6.98. The Balaban J connectivity index is 2.34. The molecule has 0 aliphatic heterocycles. The third-order valence-corrected chi connectivity index (χ3v) is 4.04. The van der Waals surface area contributed by atoms with Gasteiger partial charge in [0.25, 0.3) is 0 Å². The number of hydrogen-bond donors (Lipinski definition) is 3. The monoisotopic (exact) mass is 395 g/mol. The minimum absolute atomic E-state index is 0.0626. The number of carbonyl (C=O) groups excluding carboxylic acids is 2. The van der Waals surface area contributed by atoms with Crippen LogP contribution in [0.1, 0.15) is 37.8 Å². The van der Waals surface area contributed by atoms with Crippen LogP contribution in [0.25, 0.3) is 0 Å². The summed E-state index contributed by atoms with van der Waals surface area (Å²) in [7, 11) is 0. The maximum atomic E-state index is 12.2. The summed E-state index contributed by atoms with van der Waals surface area (Å²) in [6, 6.07) is 7.52. The highest BCUT2D eigenvalue weighted by Crippen LogP contribution is 2.19. The van der Waals surface area contributed by atoms with Crippen LogP contribution >= 0.6 is 0 Å².